The van der Waals surface area contributed by atoms with E-state index in [4.69, 9.17) is 5.73 Å². The molecule has 0 aromatic carbocycles. The summed E-state index contributed by atoms with van der Waals surface area (Å²) < 4.78 is 27.2. The van der Waals surface area contributed by atoms with E-state index >= 15 is 0 Å². The molecule has 0 amide bonds. The minimum atomic E-state index is -3.53. The van der Waals surface area contributed by atoms with Crippen LogP contribution in [0.1, 0.15) is 24.2 Å². The number of nitrogens with zero attached hydrogens (tertiary/aromatic N) is 3. The summed E-state index contributed by atoms with van der Waals surface area (Å²) in [4.78, 5) is 2.33. The highest BCUT2D eigenvalue weighted by molar-refractivity contribution is 7.89. The molecule has 8 heteroatoms. The van der Waals surface area contributed by atoms with E-state index in [1.54, 1.807) is 11.2 Å². The molecular formula is C12H23N5O2S. The summed E-state index contributed by atoms with van der Waals surface area (Å²) in [5.41, 5.74) is 6.56. The summed E-state index contributed by atoms with van der Waals surface area (Å²) in [7, 11) is 0.437. The van der Waals surface area contributed by atoms with E-state index in [1.807, 2.05) is 14.1 Å². The van der Waals surface area contributed by atoms with Gasteiger partial charge in [-0.05, 0) is 33.9 Å². The van der Waals surface area contributed by atoms with Crippen molar-refractivity contribution >= 4 is 10.0 Å². The second-order valence-corrected chi connectivity index (χ2v) is 7.33. The molecule has 0 bridgehead atoms. The summed E-state index contributed by atoms with van der Waals surface area (Å²) in [6, 6.07) is 0.257. The van der Waals surface area contributed by atoms with Crippen LogP contribution in [0.25, 0.3) is 0 Å². The van der Waals surface area contributed by atoms with Gasteiger partial charge in [0, 0.05) is 25.7 Å². The predicted octanol–water partition coefficient (Wildman–Crippen LogP) is -0.108. The topological polar surface area (TPSA) is 95.3 Å². The van der Waals surface area contributed by atoms with E-state index in [9.17, 15) is 8.42 Å². The summed E-state index contributed by atoms with van der Waals surface area (Å²) in [6.45, 7) is 2.90. The molecule has 3 N–H and O–H groups in total. The largest absolute Gasteiger partial charge is 0.325 e. The minimum absolute atomic E-state index is 0.115. The van der Waals surface area contributed by atoms with Crippen LogP contribution in [0.15, 0.2) is 4.90 Å². The SMILES string of the molecule is Cc1[nH]nc(CN)c1S(=O)(=O)N1CCCC(N(C)C)C1. The molecule has 0 radical (unpaired) electrons. The van der Waals surface area contributed by atoms with Crippen molar-refractivity contribution in [2.45, 2.75) is 37.2 Å². The van der Waals surface area contributed by atoms with Gasteiger partial charge in [0.2, 0.25) is 10.0 Å². The molecule has 0 saturated carbocycles. The number of rotatable bonds is 4. The number of sulfonamides is 1. The Hall–Kier alpha value is -0.960. The van der Waals surface area contributed by atoms with E-state index in [-0.39, 0.29) is 17.5 Å². The highest BCUT2D eigenvalue weighted by Gasteiger charge is 2.34. The van der Waals surface area contributed by atoms with Crippen LogP contribution in [0.5, 0.6) is 0 Å². The minimum Gasteiger partial charge on any atom is -0.325 e. The van der Waals surface area contributed by atoms with Crippen LogP contribution < -0.4 is 5.73 Å². The second-order valence-electron chi connectivity index (χ2n) is 5.45. The zero-order valence-corrected chi connectivity index (χ0v) is 13.1. The summed E-state index contributed by atoms with van der Waals surface area (Å²) in [6.07, 6.45) is 1.89. The second kappa shape index (κ2) is 5.80. The number of nitrogens with one attached hydrogen (secondary N) is 1. The van der Waals surface area contributed by atoms with Crippen molar-refractivity contribution in [1.29, 1.82) is 0 Å². The van der Waals surface area contributed by atoms with Gasteiger partial charge in [0.05, 0.1) is 11.4 Å². The van der Waals surface area contributed by atoms with E-state index < -0.39 is 10.0 Å². The average Bonchev–Trinajstić information content (AvgIpc) is 2.80. The normalized spacial score (nSPS) is 21.6. The van der Waals surface area contributed by atoms with Gasteiger partial charge < -0.3 is 10.6 Å². The summed E-state index contributed by atoms with van der Waals surface area (Å²) in [5.74, 6) is 0. The molecular weight excluding hydrogens is 278 g/mol. The van der Waals surface area contributed by atoms with Gasteiger partial charge in [-0.3, -0.25) is 5.10 Å². The fraction of sp³-hybridized carbons (Fsp3) is 0.750. The molecule has 1 aliphatic heterocycles. The third-order valence-electron chi connectivity index (χ3n) is 3.84. The molecule has 0 spiro atoms. The Morgan fingerprint density at radius 1 is 1.50 bits per heavy atom. The highest BCUT2D eigenvalue weighted by atomic mass is 32.2. The van der Waals surface area contributed by atoms with Crippen molar-refractivity contribution in [1.82, 2.24) is 19.4 Å². The van der Waals surface area contributed by atoms with Gasteiger partial charge in [0.15, 0.2) is 0 Å². The van der Waals surface area contributed by atoms with Gasteiger partial charge in [0.1, 0.15) is 4.90 Å². The number of aromatic amines is 1. The van der Waals surface area contributed by atoms with E-state index in [0.29, 0.717) is 24.5 Å². The fourth-order valence-electron chi connectivity index (χ4n) is 2.64. The number of H-pyrrole nitrogens is 1. The number of aryl methyl sites for hydroxylation is 1. The maximum atomic E-state index is 12.8. The number of aromatic nitrogens is 2. The Balaban J connectivity index is 2.32. The lowest BCUT2D eigenvalue weighted by molar-refractivity contribution is 0.190. The number of hydrogen-bond donors (Lipinski definition) is 2. The molecule has 1 fully saturated rings. The molecule has 1 aromatic heterocycles. The zero-order chi connectivity index (χ0) is 14.9. The first kappa shape index (κ1) is 15.4. The van der Waals surface area contributed by atoms with Gasteiger partial charge >= 0.3 is 0 Å². The quantitative estimate of drug-likeness (QED) is 0.809. The van der Waals surface area contributed by atoms with Crippen molar-refractivity contribution in [2.75, 3.05) is 27.2 Å². The van der Waals surface area contributed by atoms with Crippen molar-refractivity contribution in [3.05, 3.63) is 11.4 Å². The van der Waals surface area contributed by atoms with E-state index in [1.165, 1.54) is 0 Å². The van der Waals surface area contributed by atoms with Crippen LogP contribution in [-0.4, -0.2) is 61.0 Å². The Kier molecular flexibility index (Phi) is 4.48. The Bertz CT molecular complexity index is 566. The Morgan fingerprint density at radius 3 is 2.80 bits per heavy atom. The Labute approximate surface area is 120 Å². The lowest BCUT2D eigenvalue weighted by atomic mass is 10.1. The highest BCUT2D eigenvalue weighted by Crippen LogP contribution is 2.25. The number of piperidine rings is 1. The van der Waals surface area contributed by atoms with E-state index in [2.05, 4.69) is 15.1 Å². The van der Waals surface area contributed by atoms with Crippen molar-refractivity contribution in [3.8, 4) is 0 Å². The van der Waals surface area contributed by atoms with E-state index in [0.717, 1.165) is 12.8 Å². The molecule has 1 atom stereocenters. The van der Waals surface area contributed by atoms with Crippen molar-refractivity contribution in [2.24, 2.45) is 5.73 Å². The molecule has 0 aliphatic carbocycles. The first-order valence-corrected chi connectivity index (χ1v) is 8.22. The maximum Gasteiger partial charge on any atom is 0.246 e. The van der Waals surface area contributed by atoms with Crippen LogP contribution in [0.3, 0.4) is 0 Å². The number of hydrogen-bond acceptors (Lipinski definition) is 5. The Morgan fingerprint density at radius 2 is 2.20 bits per heavy atom. The van der Waals surface area contributed by atoms with Crippen molar-refractivity contribution in [3.63, 3.8) is 0 Å². The lowest BCUT2D eigenvalue weighted by Crippen LogP contribution is -2.47. The molecule has 1 aromatic rings. The molecule has 1 aliphatic rings. The van der Waals surface area contributed by atoms with Crippen molar-refractivity contribution < 1.29 is 8.42 Å². The monoisotopic (exact) mass is 301 g/mol. The molecule has 20 heavy (non-hydrogen) atoms. The van der Waals surface area contributed by atoms with Gasteiger partial charge in [-0.2, -0.15) is 9.40 Å². The third-order valence-corrected chi connectivity index (χ3v) is 5.91. The molecule has 7 nitrogen and oxygen atoms in total. The predicted molar refractivity (Wildman–Crippen MR) is 76.7 cm³/mol. The molecule has 2 heterocycles. The van der Waals surface area contributed by atoms with Gasteiger partial charge in [-0.1, -0.05) is 0 Å². The standard InChI is InChI=1S/C12H23N5O2S/c1-9-12(11(7-13)15-14-9)20(18,19)17-6-4-5-10(8-17)16(2)3/h10H,4-8,13H2,1-3H3,(H,14,15). The first-order valence-electron chi connectivity index (χ1n) is 6.78. The molecule has 2 rings (SSSR count). The van der Waals surface area contributed by atoms with Crippen LogP contribution in [-0.2, 0) is 16.6 Å². The molecule has 1 saturated heterocycles. The molecule has 114 valence electrons. The van der Waals surface area contributed by atoms with Crippen LogP contribution in [0.2, 0.25) is 0 Å². The maximum absolute atomic E-state index is 12.8. The van der Waals surface area contributed by atoms with Gasteiger partial charge in [0.25, 0.3) is 0 Å². The van der Waals surface area contributed by atoms with Crippen LogP contribution in [0.4, 0.5) is 0 Å². The summed E-state index contributed by atoms with van der Waals surface area (Å²) in [5, 5.41) is 6.70. The lowest BCUT2D eigenvalue weighted by Gasteiger charge is -2.35. The third kappa shape index (κ3) is 2.73. The average molecular weight is 301 g/mol. The van der Waals surface area contributed by atoms with Crippen LogP contribution >= 0.6 is 0 Å². The summed E-state index contributed by atoms with van der Waals surface area (Å²) >= 11 is 0. The van der Waals surface area contributed by atoms with Gasteiger partial charge in [-0.25, -0.2) is 8.42 Å². The number of likely N-dealkylation sites (N-methyl/N-ethyl adjacent to an activating group) is 1. The van der Waals surface area contributed by atoms with Gasteiger partial charge in [-0.15, -0.1) is 0 Å². The zero-order valence-electron chi connectivity index (χ0n) is 12.3. The smallest absolute Gasteiger partial charge is 0.246 e. The first-order chi connectivity index (χ1) is 9.37. The molecule has 1 unspecified atom stereocenters. The number of nitrogens with two attached hydrogens (primary N) is 1. The van der Waals surface area contributed by atoms with Crippen LogP contribution in [0, 0.1) is 6.92 Å². The fourth-order valence-corrected chi connectivity index (χ4v) is 4.50.